The molecular weight excluding hydrogens is 244 g/mol. The lowest BCUT2D eigenvalue weighted by molar-refractivity contribution is 0.0945. The van der Waals surface area contributed by atoms with Gasteiger partial charge in [0, 0.05) is 25.1 Å². The number of amides is 1. The number of nitrogens with zero attached hydrogens (tertiary/aromatic N) is 3. The third-order valence-corrected chi connectivity index (χ3v) is 2.63. The highest BCUT2D eigenvalue weighted by molar-refractivity contribution is 5.93. The molecule has 0 spiro atoms. The van der Waals surface area contributed by atoms with Gasteiger partial charge in [-0.1, -0.05) is 0 Å². The normalized spacial score (nSPS) is 12.1. The molecule has 100 valence electrons. The lowest BCUT2D eigenvalue weighted by Gasteiger charge is -2.07. The number of rotatable bonds is 5. The third-order valence-electron chi connectivity index (χ3n) is 2.63. The molecule has 2 heterocycles. The fraction of sp³-hybridized carbons (Fsp3) is 0.308. The Morgan fingerprint density at radius 2 is 2.37 bits per heavy atom. The highest BCUT2D eigenvalue weighted by Crippen LogP contribution is 2.05. The first-order chi connectivity index (χ1) is 9.16. The largest absolute Gasteiger partial charge is 0.393 e. The summed E-state index contributed by atoms with van der Waals surface area (Å²) in [5.41, 5.74) is 0.495. The number of nitrogens with one attached hydrogen (secondary N) is 1. The van der Waals surface area contributed by atoms with E-state index in [9.17, 15) is 4.79 Å². The van der Waals surface area contributed by atoms with Crippen LogP contribution in [0.25, 0.3) is 5.82 Å². The van der Waals surface area contributed by atoms with Crippen molar-refractivity contribution in [3.8, 4) is 5.82 Å². The summed E-state index contributed by atoms with van der Waals surface area (Å²) >= 11 is 0. The predicted molar refractivity (Wildman–Crippen MR) is 70.0 cm³/mol. The van der Waals surface area contributed by atoms with Crippen molar-refractivity contribution in [1.82, 2.24) is 19.9 Å². The Morgan fingerprint density at radius 3 is 2.95 bits per heavy atom. The van der Waals surface area contributed by atoms with Crippen LogP contribution in [0.15, 0.2) is 37.1 Å². The molecule has 1 atom stereocenters. The fourth-order valence-electron chi connectivity index (χ4n) is 1.56. The second-order valence-corrected chi connectivity index (χ2v) is 4.27. The highest BCUT2D eigenvalue weighted by Gasteiger charge is 2.06. The number of aromatic nitrogens is 3. The van der Waals surface area contributed by atoms with Crippen LogP contribution in [-0.4, -0.2) is 38.2 Å². The lowest BCUT2D eigenvalue weighted by atomic mass is 10.2. The molecule has 2 aromatic rings. The van der Waals surface area contributed by atoms with E-state index in [-0.39, 0.29) is 5.91 Å². The Labute approximate surface area is 111 Å². The van der Waals surface area contributed by atoms with Crippen LogP contribution in [-0.2, 0) is 0 Å². The molecule has 0 aliphatic rings. The number of imidazole rings is 1. The van der Waals surface area contributed by atoms with Crippen molar-refractivity contribution in [1.29, 1.82) is 0 Å². The maximum absolute atomic E-state index is 11.8. The first kappa shape index (κ1) is 13.2. The number of pyridine rings is 1. The Morgan fingerprint density at radius 1 is 1.53 bits per heavy atom. The van der Waals surface area contributed by atoms with Crippen LogP contribution in [0, 0.1) is 0 Å². The second kappa shape index (κ2) is 6.10. The van der Waals surface area contributed by atoms with E-state index in [0.717, 1.165) is 0 Å². The zero-order chi connectivity index (χ0) is 13.7. The van der Waals surface area contributed by atoms with Crippen LogP contribution in [0.1, 0.15) is 23.7 Å². The molecule has 1 unspecified atom stereocenters. The molecule has 2 aromatic heterocycles. The van der Waals surface area contributed by atoms with Gasteiger partial charge in [0.05, 0.1) is 11.7 Å². The van der Waals surface area contributed by atoms with Crippen LogP contribution in [0.5, 0.6) is 0 Å². The van der Waals surface area contributed by atoms with Crippen molar-refractivity contribution < 1.29 is 9.90 Å². The van der Waals surface area contributed by atoms with Crippen molar-refractivity contribution in [2.45, 2.75) is 19.4 Å². The molecule has 0 saturated carbocycles. The van der Waals surface area contributed by atoms with Crippen LogP contribution < -0.4 is 5.32 Å². The molecule has 1 amide bonds. The first-order valence-corrected chi connectivity index (χ1v) is 6.07. The van der Waals surface area contributed by atoms with Crippen molar-refractivity contribution in [2.75, 3.05) is 6.54 Å². The van der Waals surface area contributed by atoms with Gasteiger partial charge in [-0.15, -0.1) is 0 Å². The Balaban J connectivity index is 1.96. The molecule has 0 aliphatic carbocycles. The predicted octanol–water partition coefficient (Wildman–Crippen LogP) is 0.768. The van der Waals surface area contributed by atoms with Crippen LogP contribution in [0.2, 0.25) is 0 Å². The molecule has 2 rings (SSSR count). The topological polar surface area (TPSA) is 80.0 Å². The molecule has 6 heteroatoms. The Bertz CT molecular complexity index is 520. The first-order valence-electron chi connectivity index (χ1n) is 6.07. The maximum atomic E-state index is 11.8. The zero-order valence-electron chi connectivity index (χ0n) is 10.7. The van der Waals surface area contributed by atoms with Gasteiger partial charge in [0.15, 0.2) is 0 Å². The summed E-state index contributed by atoms with van der Waals surface area (Å²) in [6.07, 6.45) is 6.73. The minimum absolute atomic E-state index is 0.190. The van der Waals surface area contributed by atoms with Gasteiger partial charge in [-0.25, -0.2) is 9.97 Å². The minimum atomic E-state index is -0.415. The van der Waals surface area contributed by atoms with Crippen molar-refractivity contribution in [3.05, 3.63) is 42.6 Å². The highest BCUT2D eigenvalue weighted by atomic mass is 16.3. The summed E-state index contributed by atoms with van der Waals surface area (Å²) < 4.78 is 1.76. The third kappa shape index (κ3) is 3.62. The van der Waals surface area contributed by atoms with Gasteiger partial charge in [0.2, 0.25) is 0 Å². The summed E-state index contributed by atoms with van der Waals surface area (Å²) in [5.74, 6) is 0.517. The van der Waals surface area contributed by atoms with Crippen molar-refractivity contribution in [2.24, 2.45) is 0 Å². The Hall–Kier alpha value is -2.21. The molecule has 0 saturated heterocycles. The van der Waals surface area contributed by atoms with Gasteiger partial charge in [-0.3, -0.25) is 9.36 Å². The standard InChI is InChI=1S/C13H16N4O2/c1-10(18)4-5-15-13(19)11-2-3-12(16-8-11)17-7-6-14-9-17/h2-3,6-10,18H,4-5H2,1H3,(H,15,19). The monoisotopic (exact) mass is 260 g/mol. The molecule has 0 aliphatic heterocycles. The van der Waals surface area contributed by atoms with Crippen molar-refractivity contribution in [3.63, 3.8) is 0 Å². The average Bonchev–Trinajstić information content (AvgIpc) is 2.92. The molecule has 0 fully saturated rings. The summed E-state index contributed by atoms with van der Waals surface area (Å²) in [6, 6.07) is 3.46. The number of hydrogen-bond acceptors (Lipinski definition) is 4. The average molecular weight is 260 g/mol. The van der Waals surface area contributed by atoms with E-state index in [1.54, 1.807) is 42.3 Å². The van der Waals surface area contributed by atoms with Gasteiger partial charge in [-0.05, 0) is 25.5 Å². The van der Waals surface area contributed by atoms with Crippen molar-refractivity contribution >= 4 is 5.91 Å². The van der Waals surface area contributed by atoms with Gasteiger partial charge in [0.1, 0.15) is 12.1 Å². The number of carbonyl (C=O) groups excluding carboxylic acids is 1. The maximum Gasteiger partial charge on any atom is 0.252 e. The van der Waals surface area contributed by atoms with E-state index in [1.807, 2.05) is 0 Å². The molecule has 0 radical (unpaired) electrons. The van der Waals surface area contributed by atoms with E-state index in [2.05, 4.69) is 15.3 Å². The second-order valence-electron chi connectivity index (χ2n) is 4.27. The zero-order valence-corrected chi connectivity index (χ0v) is 10.7. The quantitative estimate of drug-likeness (QED) is 0.832. The van der Waals surface area contributed by atoms with E-state index in [0.29, 0.717) is 24.3 Å². The summed E-state index contributed by atoms with van der Waals surface area (Å²) in [7, 11) is 0. The van der Waals surface area contributed by atoms with Gasteiger partial charge in [-0.2, -0.15) is 0 Å². The van der Waals surface area contributed by atoms with Gasteiger partial charge >= 0.3 is 0 Å². The summed E-state index contributed by atoms with van der Waals surface area (Å²) in [4.78, 5) is 19.9. The number of aliphatic hydroxyl groups excluding tert-OH is 1. The van der Waals surface area contributed by atoms with E-state index in [1.165, 1.54) is 6.20 Å². The summed E-state index contributed by atoms with van der Waals surface area (Å²) in [5, 5.41) is 11.8. The number of carbonyl (C=O) groups is 1. The van der Waals surface area contributed by atoms with Gasteiger partial charge in [0.25, 0.3) is 5.91 Å². The van der Waals surface area contributed by atoms with Crippen LogP contribution in [0.4, 0.5) is 0 Å². The summed E-state index contributed by atoms with van der Waals surface area (Å²) in [6.45, 7) is 2.13. The minimum Gasteiger partial charge on any atom is -0.393 e. The van der Waals surface area contributed by atoms with E-state index >= 15 is 0 Å². The van der Waals surface area contributed by atoms with Crippen LogP contribution in [0.3, 0.4) is 0 Å². The number of hydrogen-bond donors (Lipinski definition) is 2. The number of aliphatic hydroxyl groups is 1. The fourth-order valence-corrected chi connectivity index (χ4v) is 1.56. The Kier molecular flexibility index (Phi) is 4.25. The molecule has 0 aromatic carbocycles. The SMILES string of the molecule is CC(O)CCNC(=O)c1ccc(-n2ccnc2)nc1. The molecule has 19 heavy (non-hydrogen) atoms. The van der Waals surface area contributed by atoms with E-state index < -0.39 is 6.10 Å². The van der Waals surface area contributed by atoms with Gasteiger partial charge < -0.3 is 10.4 Å². The smallest absolute Gasteiger partial charge is 0.252 e. The molecular formula is C13H16N4O2. The van der Waals surface area contributed by atoms with E-state index in [4.69, 9.17) is 5.11 Å². The molecule has 6 nitrogen and oxygen atoms in total. The lowest BCUT2D eigenvalue weighted by Crippen LogP contribution is -2.26. The van der Waals surface area contributed by atoms with Crippen LogP contribution >= 0.6 is 0 Å². The molecule has 0 bridgehead atoms. The molecule has 2 N–H and O–H groups in total.